The maximum absolute atomic E-state index is 12.0. The van der Waals surface area contributed by atoms with Crippen molar-refractivity contribution in [2.75, 3.05) is 19.6 Å². The first kappa shape index (κ1) is 12.3. The number of hydrogen-bond acceptors (Lipinski definition) is 3. The standard InChI is InChI=1S/C13H20N2O2/c1-13(17)4-7-15(8-5-13)10-12(16)11-3-6-14(2)9-11/h3,6,9,17H,4-5,7-8,10H2,1-2H3. The van der Waals surface area contributed by atoms with Crippen LogP contribution in [0.1, 0.15) is 30.1 Å². The Morgan fingerprint density at radius 2 is 2.12 bits per heavy atom. The molecule has 1 saturated heterocycles. The van der Waals surface area contributed by atoms with Crippen molar-refractivity contribution in [3.63, 3.8) is 0 Å². The number of aromatic nitrogens is 1. The first-order valence-electron chi connectivity index (χ1n) is 6.06. The molecule has 1 aliphatic rings. The molecule has 1 aromatic rings. The summed E-state index contributed by atoms with van der Waals surface area (Å²) in [4.78, 5) is 14.1. The summed E-state index contributed by atoms with van der Waals surface area (Å²) in [5.41, 5.74) is 0.219. The lowest BCUT2D eigenvalue weighted by Gasteiger charge is -2.35. The lowest BCUT2D eigenvalue weighted by Crippen LogP contribution is -2.44. The number of Topliss-reactive ketones (excluding diaryl/α,β-unsaturated/α-hetero) is 1. The monoisotopic (exact) mass is 236 g/mol. The van der Waals surface area contributed by atoms with Gasteiger partial charge in [0.05, 0.1) is 12.1 Å². The molecule has 2 rings (SSSR count). The SMILES string of the molecule is Cn1ccc(C(=O)CN2CCC(C)(O)CC2)c1. The highest BCUT2D eigenvalue weighted by Crippen LogP contribution is 2.21. The molecule has 94 valence electrons. The van der Waals surface area contributed by atoms with E-state index in [-0.39, 0.29) is 5.78 Å². The van der Waals surface area contributed by atoms with Crippen LogP contribution in [0.3, 0.4) is 0 Å². The third-order valence-electron chi connectivity index (χ3n) is 3.45. The Hall–Kier alpha value is -1.13. The molecular weight excluding hydrogens is 216 g/mol. The summed E-state index contributed by atoms with van der Waals surface area (Å²) in [6.07, 6.45) is 5.22. The van der Waals surface area contributed by atoms with Crippen molar-refractivity contribution in [1.29, 1.82) is 0 Å². The maximum atomic E-state index is 12.0. The van der Waals surface area contributed by atoms with Gasteiger partial charge < -0.3 is 9.67 Å². The Labute approximate surface area is 102 Å². The number of ketones is 1. The fourth-order valence-corrected chi connectivity index (χ4v) is 2.16. The first-order chi connectivity index (χ1) is 7.96. The van der Waals surface area contributed by atoms with Crippen LogP contribution < -0.4 is 0 Å². The van der Waals surface area contributed by atoms with E-state index in [1.807, 2.05) is 37.0 Å². The second-order valence-electron chi connectivity index (χ2n) is 5.26. The largest absolute Gasteiger partial charge is 0.390 e. The van der Waals surface area contributed by atoms with Gasteiger partial charge in [-0.2, -0.15) is 0 Å². The molecule has 2 heterocycles. The highest BCUT2D eigenvalue weighted by Gasteiger charge is 2.28. The van der Waals surface area contributed by atoms with Gasteiger partial charge in [-0.1, -0.05) is 0 Å². The predicted molar refractivity (Wildman–Crippen MR) is 66.0 cm³/mol. The van der Waals surface area contributed by atoms with E-state index in [2.05, 4.69) is 4.90 Å². The fraction of sp³-hybridized carbons (Fsp3) is 0.615. The van der Waals surface area contributed by atoms with Gasteiger partial charge in [-0.05, 0) is 25.8 Å². The molecule has 0 saturated carbocycles. The molecule has 1 N–H and O–H groups in total. The van der Waals surface area contributed by atoms with Gasteiger partial charge in [0, 0.05) is 38.1 Å². The number of hydrogen-bond donors (Lipinski definition) is 1. The van der Waals surface area contributed by atoms with Gasteiger partial charge >= 0.3 is 0 Å². The van der Waals surface area contributed by atoms with Gasteiger partial charge in [-0.3, -0.25) is 9.69 Å². The molecule has 0 amide bonds. The summed E-state index contributed by atoms with van der Waals surface area (Å²) >= 11 is 0. The van der Waals surface area contributed by atoms with Gasteiger partial charge in [0.15, 0.2) is 5.78 Å². The third kappa shape index (κ3) is 3.17. The molecular formula is C13H20N2O2. The van der Waals surface area contributed by atoms with Crippen LogP contribution in [0.5, 0.6) is 0 Å². The molecule has 0 aliphatic carbocycles. The van der Waals surface area contributed by atoms with Gasteiger partial charge in [0.25, 0.3) is 0 Å². The molecule has 4 nitrogen and oxygen atoms in total. The van der Waals surface area contributed by atoms with Crippen molar-refractivity contribution in [2.45, 2.75) is 25.4 Å². The highest BCUT2D eigenvalue weighted by molar-refractivity contribution is 5.97. The van der Waals surface area contributed by atoms with Crippen LogP contribution in [-0.2, 0) is 7.05 Å². The molecule has 4 heteroatoms. The Bertz CT molecular complexity index is 399. The van der Waals surface area contributed by atoms with Crippen LogP contribution in [-0.4, -0.2) is 45.6 Å². The van der Waals surface area contributed by atoms with E-state index in [1.54, 1.807) is 0 Å². The van der Waals surface area contributed by atoms with E-state index in [4.69, 9.17) is 0 Å². The fourth-order valence-electron chi connectivity index (χ4n) is 2.16. The molecule has 1 aromatic heterocycles. The van der Waals surface area contributed by atoms with Crippen LogP contribution in [0.2, 0.25) is 0 Å². The van der Waals surface area contributed by atoms with Crippen molar-refractivity contribution >= 4 is 5.78 Å². The van der Waals surface area contributed by atoms with E-state index in [0.29, 0.717) is 6.54 Å². The van der Waals surface area contributed by atoms with E-state index < -0.39 is 5.60 Å². The molecule has 0 aromatic carbocycles. The zero-order chi connectivity index (χ0) is 12.5. The molecule has 0 unspecified atom stereocenters. The molecule has 0 spiro atoms. The normalized spacial score (nSPS) is 20.4. The van der Waals surface area contributed by atoms with Crippen molar-refractivity contribution in [3.05, 3.63) is 24.0 Å². The van der Waals surface area contributed by atoms with Crippen molar-refractivity contribution in [2.24, 2.45) is 7.05 Å². The first-order valence-corrected chi connectivity index (χ1v) is 6.06. The second-order valence-corrected chi connectivity index (χ2v) is 5.26. The Morgan fingerprint density at radius 1 is 1.47 bits per heavy atom. The number of aryl methyl sites for hydroxylation is 1. The molecule has 0 atom stereocenters. The van der Waals surface area contributed by atoms with Crippen LogP contribution in [0, 0.1) is 0 Å². The van der Waals surface area contributed by atoms with E-state index in [9.17, 15) is 9.90 Å². The number of carbonyl (C=O) groups excluding carboxylic acids is 1. The summed E-state index contributed by atoms with van der Waals surface area (Å²) in [6.45, 7) is 3.92. The minimum atomic E-state index is -0.549. The van der Waals surface area contributed by atoms with Gasteiger partial charge in [0.1, 0.15) is 0 Å². The third-order valence-corrected chi connectivity index (χ3v) is 3.45. The van der Waals surface area contributed by atoms with Gasteiger partial charge in [0.2, 0.25) is 0 Å². The summed E-state index contributed by atoms with van der Waals surface area (Å²) in [7, 11) is 1.91. The lowest BCUT2D eigenvalue weighted by molar-refractivity contribution is -0.00419. The van der Waals surface area contributed by atoms with Gasteiger partial charge in [-0.25, -0.2) is 0 Å². The van der Waals surface area contributed by atoms with Gasteiger partial charge in [-0.15, -0.1) is 0 Å². The number of nitrogens with zero attached hydrogens (tertiary/aromatic N) is 2. The highest BCUT2D eigenvalue weighted by atomic mass is 16.3. The van der Waals surface area contributed by atoms with Crippen LogP contribution in [0.4, 0.5) is 0 Å². The molecule has 0 radical (unpaired) electrons. The number of carbonyl (C=O) groups is 1. The molecule has 1 fully saturated rings. The smallest absolute Gasteiger partial charge is 0.178 e. The summed E-state index contributed by atoms with van der Waals surface area (Å²) < 4.78 is 1.88. The quantitative estimate of drug-likeness (QED) is 0.798. The average Bonchev–Trinajstić information content (AvgIpc) is 2.68. The second kappa shape index (κ2) is 4.63. The predicted octanol–water partition coefficient (Wildman–Crippen LogP) is 1.05. The van der Waals surface area contributed by atoms with Crippen molar-refractivity contribution in [3.8, 4) is 0 Å². The minimum absolute atomic E-state index is 0.159. The molecule has 17 heavy (non-hydrogen) atoms. The summed E-state index contributed by atoms with van der Waals surface area (Å²) in [5, 5.41) is 9.83. The van der Waals surface area contributed by atoms with Crippen LogP contribution >= 0.6 is 0 Å². The number of piperidine rings is 1. The zero-order valence-electron chi connectivity index (χ0n) is 10.5. The Morgan fingerprint density at radius 3 is 2.65 bits per heavy atom. The average molecular weight is 236 g/mol. The molecule has 1 aliphatic heterocycles. The molecule has 0 bridgehead atoms. The topological polar surface area (TPSA) is 45.5 Å². The van der Waals surface area contributed by atoms with Crippen molar-refractivity contribution < 1.29 is 9.90 Å². The summed E-state index contributed by atoms with van der Waals surface area (Å²) in [6, 6.07) is 1.85. The number of likely N-dealkylation sites (tertiary alicyclic amines) is 1. The maximum Gasteiger partial charge on any atom is 0.178 e. The van der Waals surface area contributed by atoms with E-state index in [0.717, 1.165) is 31.5 Å². The van der Waals surface area contributed by atoms with Crippen LogP contribution in [0.25, 0.3) is 0 Å². The number of rotatable bonds is 3. The van der Waals surface area contributed by atoms with Crippen LogP contribution in [0.15, 0.2) is 18.5 Å². The zero-order valence-corrected chi connectivity index (χ0v) is 10.5. The minimum Gasteiger partial charge on any atom is -0.390 e. The Kier molecular flexibility index (Phi) is 3.35. The number of aliphatic hydroxyl groups is 1. The van der Waals surface area contributed by atoms with E-state index in [1.165, 1.54) is 0 Å². The lowest BCUT2D eigenvalue weighted by atomic mass is 9.93. The Balaban J connectivity index is 1.88. The summed E-state index contributed by atoms with van der Waals surface area (Å²) in [5.74, 6) is 0.159. The van der Waals surface area contributed by atoms with E-state index >= 15 is 0 Å². The van der Waals surface area contributed by atoms with Crippen molar-refractivity contribution in [1.82, 2.24) is 9.47 Å².